The Morgan fingerprint density at radius 3 is 3.06 bits per heavy atom. The molecule has 1 aliphatic rings. The molecule has 1 aromatic rings. The second-order valence-corrected chi connectivity index (χ2v) is 3.93. The Bertz CT molecular complexity index is 489. The van der Waals surface area contributed by atoms with Gasteiger partial charge in [-0.1, -0.05) is 43.0 Å². The van der Waals surface area contributed by atoms with E-state index in [2.05, 4.69) is 12.6 Å². The third-order valence-electron chi connectivity index (χ3n) is 2.78. The van der Waals surface area contributed by atoms with E-state index in [-0.39, 0.29) is 0 Å². The van der Waals surface area contributed by atoms with Crippen molar-refractivity contribution in [1.82, 2.24) is 0 Å². The van der Waals surface area contributed by atoms with E-state index in [4.69, 9.17) is 4.65 Å². The molecule has 2 rings (SSSR count). The van der Waals surface area contributed by atoms with E-state index in [1.54, 1.807) is 6.08 Å². The molecule has 1 N–H and O–H groups in total. The molecule has 17 heavy (non-hydrogen) atoms. The van der Waals surface area contributed by atoms with Crippen molar-refractivity contribution in [2.24, 2.45) is 0 Å². The monoisotopic (exact) mass is 226 g/mol. The second-order valence-electron chi connectivity index (χ2n) is 3.93. The van der Waals surface area contributed by atoms with Crippen molar-refractivity contribution in [3.63, 3.8) is 0 Å². The molecule has 0 aromatic heterocycles. The lowest BCUT2D eigenvalue weighted by molar-refractivity contribution is 0.275. The number of hydrogen-bond donors (Lipinski definition) is 1. The van der Waals surface area contributed by atoms with Crippen LogP contribution in [-0.4, -0.2) is 12.1 Å². The summed E-state index contributed by atoms with van der Waals surface area (Å²) in [5.74, 6) is 0. The van der Waals surface area contributed by atoms with E-state index < -0.39 is 7.12 Å². The van der Waals surface area contributed by atoms with Crippen LogP contribution in [-0.2, 0) is 11.3 Å². The van der Waals surface area contributed by atoms with Crippen molar-refractivity contribution in [2.75, 3.05) is 0 Å². The Morgan fingerprint density at radius 2 is 2.35 bits per heavy atom. The highest BCUT2D eigenvalue weighted by molar-refractivity contribution is 6.61. The fraction of sp³-hybridized carbons (Fsp3) is 0.143. The SMILES string of the molecule is C=C/C=C(\C=C/C)c1ccc2c(c1)COB2O. The van der Waals surface area contributed by atoms with Crippen molar-refractivity contribution < 1.29 is 9.68 Å². The molecule has 2 nitrogen and oxygen atoms in total. The maximum absolute atomic E-state index is 9.55. The van der Waals surface area contributed by atoms with Gasteiger partial charge in [-0.05, 0) is 35.2 Å². The molecule has 0 aliphatic carbocycles. The first-order chi connectivity index (χ1) is 8.26. The van der Waals surface area contributed by atoms with E-state index >= 15 is 0 Å². The van der Waals surface area contributed by atoms with E-state index in [1.807, 2.05) is 37.3 Å². The Hall–Kier alpha value is -1.58. The van der Waals surface area contributed by atoms with Crippen molar-refractivity contribution in [2.45, 2.75) is 13.5 Å². The van der Waals surface area contributed by atoms with E-state index in [0.717, 1.165) is 22.2 Å². The van der Waals surface area contributed by atoms with Crippen LogP contribution >= 0.6 is 0 Å². The summed E-state index contributed by atoms with van der Waals surface area (Å²) in [5, 5.41) is 9.55. The summed E-state index contributed by atoms with van der Waals surface area (Å²) in [6.07, 6.45) is 7.77. The third-order valence-corrected chi connectivity index (χ3v) is 2.78. The number of rotatable bonds is 3. The molecule has 3 heteroatoms. The minimum absolute atomic E-state index is 0.474. The van der Waals surface area contributed by atoms with Crippen LogP contribution < -0.4 is 5.46 Å². The minimum atomic E-state index is -0.771. The number of hydrogen-bond acceptors (Lipinski definition) is 2. The summed E-state index contributed by atoms with van der Waals surface area (Å²) < 4.78 is 5.18. The van der Waals surface area contributed by atoms with E-state index in [0.29, 0.717) is 6.61 Å². The first-order valence-corrected chi connectivity index (χ1v) is 5.64. The molecule has 0 saturated heterocycles. The van der Waals surface area contributed by atoms with Crippen LogP contribution in [0.15, 0.2) is 49.1 Å². The molecule has 0 fully saturated rings. The fourth-order valence-corrected chi connectivity index (χ4v) is 1.96. The van der Waals surface area contributed by atoms with Crippen LogP contribution in [0.5, 0.6) is 0 Å². The zero-order valence-corrected chi connectivity index (χ0v) is 9.89. The molecule has 0 unspecified atom stereocenters. The van der Waals surface area contributed by atoms with Crippen molar-refractivity contribution in [3.8, 4) is 0 Å². The molecule has 0 amide bonds. The molecule has 86 valence electrons. The molecule has 1 aromatic carbocycles. The van der Waals surface area contributed by atoms with Crippen LogP contribution in [0.3, 0.4) is 0 Å². The van der Waals surface area contributed by atoms with Gasteiger partial charge in [0, 0.05) is 0 Å². The van der Waals surface area contributed by atoms with Gasteiger partial charge in [0.1, 0.15) is 0 Å². The standard InChI is InChI=1S/C14H15BO2/c1-3-5-11(6-4-2)12-7-8-14-13(9-12)10-17-15(14)16/h3-9,16H,1,10H2,2H3/b6-4-,11-5+. The van der Waals surface area contributed by atoms with Gasteiger partial charge in [-0.3, -0.25) is 0 Å². The summed E-state index contributed by atoms with van der Waals surface area (Å²) in [6.45, 7) is 6.17. The fourth-order valence-electron chi connectivity index (χ4n) is 1.96. The van der Waals surface area contributed by atoms with E-state index in [9.17, 15) is 5.02 Å². The highest BCUT2D eigenvalue weighted by atomic mass is 16.5. The maximum Gasteiger partial charge on any atom is 0.491 e. The number of benzene rings is 1. The molecule has 0 bridgehead atoms. The van der Waals surface area contributed by atoms with E-state index in [1.165, 1.54) is 0 Å². The smallest absolute Gasteiger partial charge is 0.423 e. The van der Waals surface area contributed by atoms with Gasteiger partial charge < -0.3 is 9.68 Å². The van der Waals surface area contributed by atoms with Crippen LogP contribution in [0.2, 0.25) is 0 Å². The summed E-state index contributed by atoms with van der Waals surface area (Å²) >= 11 is 0. The minimum Gasteiger partial charge on any atom is -0.423 e. The Balaban J connectivity index is 2.40. The Labute approximate surface area is 102 Å². The second kappa shape index (κ2) is 5.17. The Morgan fingerprint density at radius 1 is 1.53 bits per heavy atom. The third kappa shape index (κ3) is 2.41. The zero-order valence-electron chi connectivity index (χ0n) is 9.89. The lowest BCUT2D eigenvalue weighted by Gasteiger charge is -2.05. The van der Waals surface area contributed by atoms with Crippen LogP contribution in [0.1, 0.15) is 18.1 Å². The summed E-state index contributed by atoms with van der Waals surface area (Å²) in [6, 6.07) is 5.97. The molecular formula is C14H15BO2. The molecular weight excluding hydrogens is 211 g/mol. The Kier molecular flexibility index (Phi) is 3.62. The highest BCUT2D eigenvalue weighted by Gasteiger charge is 2.26. The lowest BCUT2D eigenvalue weighted by atomic mass is 9.79. The highest BCUT2D eigenvalue weighted by Crippen LogP contribution is 2.19. The van der Waals surface area contributed by atoms with Crippen molar-refractivity contribution in [1.29, 1.82) is 0 Å². The first kappa shape index (κ1) is 11.9. The number of allylic oxidation sites excluding steroid dienone is 5. The van der Waals surface area contributed by atoms with Gasteiger partial charge in [-0.25, -0.2) is 0 Å². The van der Waals surface area contributed by atoms with Gasteiger partial charge in [0.2, 0.25) is 0 Å². The molecule has 0 saturated carbocycles. The molecule has 0 atom stereocenters. The molecule has 0 spiro atoms. The average molecular weight is 226 g/mol. The van der Waals surface area contributed by atoms with Gasteiger partial charge in [0.05, 0.1) is 6.61 Å². The van der Waals surface area contributed by atoms with Gasteiger partial charge in [0.25, 0.3) is 0 Å². The van der Waals surface area contributed by atoms with Gasteiger partial charge in [-0.2, -0.15) is 0 Å². The first-order valence-electron chi connectivity index (χ1n) is 5.64. The zero-order chi connectivity index (χ0) is 12.3. The maximum atomic E-state index is 9.55. The predicted molar refractivity (Wildman–Crippen MR) is 71.8 cm³/mol. The van der Waals surface area contributed by atoms with Gasteiger partial charge in [0.15, 0.2) is 0 Å². The van der Waals surface area contributed by atoms with Crippen molar-refractivity contribution in [3.05, 3.63) is 60.2 Å². The molecule has 1 heterocycles. The van der Waals surface area contributed by atoms with Crippen LogP contribution in [0, 0.1) is 0 Å². The predicted octanol–water partition coefficient (Wildman–Crippen LogP) is 2.05. The van der Waals surface area contributed by atoms with Gasteiger partial charge in [-0.15, -0.1) is 0 Å². The normalized spacial score (nSPS) is 15.4. The molecule has 1 aliphatic heterocycles. The quantitative estimate of drug-likeness (QED) is 0.631. The summed E-state index contributed by atoms with van der Waals surface area (Å²) in [7, 11) is -0.771. The average Bonchev–Trinajstić information content (AvgIpc) is 2.70. The van der Waals surface area contributed by atoms with Crippen molar-refractivity contribution >= 4 is 18.2 Å². The largest absolute Gasteiger partial charge is 0.491 e. The topological polar surface area (TPSA) is 29.5 Å². The summed E-state index contributed by atoms with van der Waals surface area (Å²) in [4.78, 5) is 0. The van der Waals surface area contributed by atoms with Crippen LogP contribution in [0.25, 0.3) is 5.57 Å². The van der Waals surface area contributed by atoms with Crippen LogP contribution in [0.4, 0.5) is 0 Å². The number of fused-ring (bicyclic) bond motifs is 1. The lowest BCUT2D eigenvalue weighted by Crippen LogP contribution is -2.27. The van der Waals surface area contributed by atoms with Gasteiger partial charge >= 0.3 is 7.12 Å². The molecule has 0 radical (unpaired) electrons. The summed E-state index contributed by atoms with van der Waals surface area (Å²) in [5.41, 5.74) is 4.13.